The van der Waals surface area contributed by atoms with E-state index in [1.807, 2.05) is 73.8 Å². The molecule has 0 spiro atoms. The number of hydrogen-bond donors (Lipinski definition) is 0. The summed E-state index contributed by atoms with van der Waals surface area (Å²) in [6.07, 6.45) is 15.4. The van der Waals surface area contributed by atoms with Gasteiger partial charge in [-0.3, -0.25) is 19.9 Å². The molecule has 0 N–H and O–H groups in total. The third-order valence-electron chi connectivity index (χ3n) is 16.2. The number of hydrogen-bond acceptors (Lipinski definition) is 6. The van der Waals surface area contributed by atoms with Crippen LogP contribution in [0.4, 0.5) is 34.1 Å². The molecule has 0 amide bonds. The molecule has 8 heteroatoms. The third-order valence-corrected chi connectivity index (χ3v) is 16.2. The van der Waals surface area contributed by atoms with Crippen molar-refractivity contribution in [1.82, 2.24) is 29.1 Å². The van der Waals surface area contributed by atoms with E-state index in [2.05, 4.69) is 306 Å². The van der Waals surface area contributed by atoms with Crippen molar-refractivity contribution in [2.75, 3.05) is 9.80 Å². The maximum absolute atomic E-state index is 4.69. The van der Waals surface area contributed by atoms with Gasteiger partial charge in [0.1, 0.15) is 0 Å². The maximum atomic E-state index is 4.69. The summed E-state index contributed by atoms with van der Waals surface area (Å²) in [5, 5.41) is 4.96. The fourth-order valence-corrected chi connectivity index (χ4v) is 12.2. The van der Waals surface area contributed by atoms with Crippen molar-refractivity contribution in [3.63, 3.8) is 0 Å². The Labute approximate surface area is 510 Å². The summed E-state index contributed by atoms with van der Waals surface area (Å²) in [5.41, 5.74) is 21.6. The lowest BCUT2D eigenvalue weighted by molar-refractivity contribution is 1.13. The molecule has 0 bridgehead atoms. The molecule has 0 fully saturated rings. The molecule has 416 valence electrons. The molecule has 0 aliphatic rings. The summed E-state index contributed by atoms with van der Waals surface area (Å²) in [4.78, 5) is 23.3. The predicted molar refractivity (Wildman–Crippen MR) is 364 cm³/mol. The largest absolute Gasteiger partial charge is 0.310 e. The van der Waals surface area contributed by atoms with Gasteiger partial charge in [0.25, 0.3) is 0 Å². The Hall–Kier alpha value is -12.0. The van der Waals surface area contributed by atoms with E-state index in [4.69, 9.17) is 0 Å². The SMILES string of the molecule is c1ccc(N(c2ccccc2)c2cccc(-c3cncc(-c4cncc(-c5cccc(N(c6ccccc6)c6ccccc6)c5)c4)c3)c2)cc1.c1ccc2c(c1)c1ccccc1n2-c1cncc(-c2cncc(-n3c4ccccc4c4ccccc43)c2)c1. The zero-order valence-corrected chi connectivity index (χ0v) is 47.9. The van der Waals surface area contributed by atoms with E-state index in [0.29, 0.717) is 0 Å². The summed E-state index contributed by atoms with van der Waals surface area (Å²) in [6, 6.07) is 102. The molecule has 88 heavy (non-hydrogen) atoms. The average molecular weight is 1130 g/mol. The molecule has 0 aliphatic carbocycles. The Morgan fingerprint density at radius 3 is 0.761 bits per heavy atom. The van der Waals surface area contributed by atoms with Crippen LogP contribution in [0, 0.1) is 0 Å². The molecule has 0 atom stereocenters. The Balaban J connectivity index is 0.000000153. The van der Waals surface area contributed by atoms with Gasteiger partial charge in [-0.05, 0) is 132 Å². The molecule has 0 aliphatic heterocycles. The van der Waals surface area contributed by atoms with Crippen LogP contribution >= 0.6 is 0 Å². The number of rotatable bonds is 12. The Morgan fingerprint density at radius 2 is 0.443 bits per heavy atom. The van der Waals surface area contributed by atoms with Crippen LogP contribution in [0.25, 0.3) is 99.5 Å². The first kappa shape index (κ1) is 52.8. The fourth-order valence-electron chi connectivity index (χ4n) is 12.2. The first-order valence-electron chi connectivity index (χ1n) is 29.5. The van der Waals surface area contributed by atoms with Crippen LogP contribution < -0.4 is 9.80 Å². The van der Waals surface area contributed by atoms with Gasteiger partial charge >= 0.3 is 0 Å². The van der Waals surface area contributed by atoms with Crippen molar-refractivity contribution in [3.05, 3.63) is 341 Å². The minimum absolute atomic E-state index is 1.01. The second-order valence-corrected chi connectivity index (χ2v) is 21.6. The number of anilines is 6. The normalized spacial score (nSPS) is 11.2. The van der Waals surface area contributed by atoms with Crippen molar-refractivity contribution in [1.29, 1.82) is 0 Å². The number of benzene rings is 10. The first-order valence-corrected chi connectivity index (χ1v) is 29.5. The highest BCUT2D eigenvalue weighted by molar-refractivity contribution is 6.10. The van der Waals surface area contributed by atoms with Crippen LogP contribution in [0.5, 0.6) is 0 Å². The summed E-state index contributed by atoms with van der Waals surface area (Å²) in [6.45, 7) is 0. The molecule has 16 rings (SSSR count). The monoisotopic (exact) mass is 1130 g/mol. The van der Waals surface area contributed by atoms with E-state index in [1.165, 1.54) is 43.6 Å². The summed E-state index contributed by atoms with van der Waals surface area (Å²) < 4.78 is 4.59. The lowest BCUT2D eigenvalue weighted by Gasteiger charge is -2.26. The van der Waals surface area contributed by atoms with Crippen molar-refractivity contribution in [2.45, 2.75) is 0 Å². The molecule has 0 saturated carbocycles. The lowest BCUT2D eigenvalue weighted by Crippen LogP contribution is -2.09. The van der Waals surface area contributed by atoms with E-state index in [1.54, 1.807) is 0 Å². The van der Waals surface area contributed by atoms with Gasteiger partial charge in [-0.25, -0.2) is 0 Å². The van der Waals surface area contributed by atoms with Gasteiger partial charge in [-0.1, -0.05) is 170 Å². The van der Waals surface area contributed by atoms with Gasteiger partial charge in [0.15, 0.2) is 0 Å². The van der Waals surface area contributed by atoms with Crippen LogP contribution in [-0.2, 0) is 0 Å². The van der Waals surface area contributed by atoms with Crippen LogP contribution in [0.2, 0.25) is 0 Å². The van der Waals surface area contributed by atoms with Gasteiger partial charge in [-0.2, -0.15) is 0 Å². The topological polar surface area (TPSA) is 67.9 Å². The van der Waals surface area contributed by atoms with E-state index >= 15 is 0 Å². The predicted octanol–water partition coefficient (Wildman–Crippen LogP) is 20.8. The fraction of sp³-hybridized carbons (Fsp3) is 0. The van der Waals surface area contributed by atoms with Crippen LogP contribution in [0.1, 0.15) is 0 Å². The Bertz CT molecular complexity index is 4610. The zero-order valence-electron chi connectivity index (χ0n) is 47.9. The van der Waals surface area contributed by atoms with Gasteiger partial charge in [0.2, 0.25) is 0 Å². The summed E-state index contributed by atoms with van der Waals surface area (Å²) in [7, 11) is 0. The van der Waals surface area contributed by atoms with Crippen molar-refractivity contribution in [2.24, 2.45) is 0 Å². The molecule has 16 aromatic rings. The van der Waals surface area contributed by atoms with Crippen LogP contribution in [-0.4, -0.2) is 29.1 Å². The number of nitrogens with zero attached hydrogens (tertiary/aromatic N) is 8. The molecule has 0 unspecified atom stereocenters. The van der Waals surface area contributed by atoms with Crippen LogP contribution in [0.15, 0.2) is 341 Å². The number of fused-ring (bicyclic) bond motifs is 6. The summed E-state index contributed by atoms with van der Waals surface area (Å²) >= 11 is 0. The number of para-hydroxylation sites is 8. The number of aromatic nitrogens is 6. The average Bonchev–Trinajstić information content (AvgIpc) is 1.84. The molecule has 10 aromatic carbocycles. The van der Waals surface area contributed by atoms with Gasteiger partial charge in [0, 0.05) is 126 Å². The second kappa shape index (κ2) is 23.6. The molecule has 6 aromatic heterocycles. The smallest absolute Gasteiger partial charge is 0.0651 e. The molecule has 0 radical (unpaired) electrons. The number of pyridine rings is 4. The first-order chi connectivity index (χ1) is 43.7. The van der Waals surface area contributed by atoms with Gasteiger partial charge < -0.3 is 18.9 Å². The highest BCUT2D eigenvalue weighted by atomic mass is 15.1. The van der Waals surface area contributed by atoms with Gasteiger partial charge in [0.05, 0.1) is 45.8 Å². The maximum Gasteiger partial charge on any atom is 0.0651 e. The summed E-state index contributed by atoms with van der Waals surface area (Å²) in [5.74, 6) is 0. The van der Waals surface area contributed by atoms with E-state index in [0.717, 1.165) is 90.0 Å². The van der Waals surface area contributed by atoms with Crippen molar-refractivity contribution >= 4 is 77.7 Å². The van der Waals surface area contributed by atoms with E-state index in [9.17, 15) is 0 Å². The Kier molecular flexibility index (Phi) is 14.1. The molecule has 6 heterocycles. The minimum atomic E-state index is 1.01. The standard InChI is InChI=1S/C46H34N4.C34H22N4/c1-5-17-41(18-6-1)49(42-19-7-2-8-20-42)45-25-13-15-35(29-45)37-27-39(33-47-31-37)40-28-38(32-48-34-40)36-16-14-26-46(30-36)50(43-21-9-3-10-22-43)44-23-11-4-12-24-44;1-5-13-31-27(9-1)28-10-2-6-14-32(28)37(31)25-17-23(19-35-21-25)24-18-26(22-36-20-24)38-33-15-7-3-11-29(33)30-12-4-8-16-34(30)38/h1-34H;1-22H. The van der Waals surface area contributed by atoms with Gasteiger partial charge in [-0.15, -0.1) is 0 Å². The van der Waals surface area contributed by atoms with Crippen molar-refractivity contribution < 1.29 is 0 Å². The van der Waals surface area contributed by atoms with Crippen LogP contribution in [0.3, 0.4) is 0 Å². The van der Waals surface area contributed by atoms with E-state index in [-0.39, 0.29) is 0 Å². The quantitative estimate of drug-likeness (QED) is 0.121. The molecule has 8 nitrogen and oxygen atoms in total. The zero-order chi connectivity index (χ0) is 58.6. The second-order valence-electron chi connectivity index (χ2n) is 21.6. The molecular weight excluding hydrogens is 1070 g/mol. The molecule has 0 saturated heterocycles. The van der Waals surface area contributed by atoms with Crippen molar-refractivity contribution in [3.8, 4) is 55.9 Å². The van der Waals surface area contributed by atoms with E-state index < -0.39 is 0 Å². The Morgan fingerprint density at radius 1 is 0.193 bits per heavy atom. The minimum Gasteiger partial charge on any atom is -0.310 e. The third kappa shape index (κ3) is 10.3. The highest BCUT2D eigenvalue weighted by Crippen LogP contribution is 2.40. The lowest BCUT2D eigenvalue weighted by atomic mass is 9.99. The molecular formula is C80H56N8. The highest BCUT2D eigenvalue weighted by Gasteiger charge is 2.18.